The predicted octanol–water partition coefficient (Wildman–Crippen LogP) is -0.369. The van der Waals surface area contributed by atoms with Gasteiger partial charge in [0.25, 0.3) is 0 Å². The summed E-state index contributed by atoms with van der Waals surface area (Å²) in [5.74, 6) is 0. The Morgan fingerprint density at radius 3 is 3.00 bits per heavy atom. The molecule has 1 fully saturated rings. The van der Waals surface area contributed by atoms with Gasteiger partial charge in [-0.3, -0.25) is 0 Å². The summed E-state index contributed by atoms with van der Waals surface area (Å²) >= 11 is 0. The van der Waals surface area contributed by atoms with Crippen LogP contribution in [0.5, 0.6) is 0 Å². The van der Waals surface area contributed by atoms with E-state index in [1.54, 1.807) is 12.2 Å². The average molecular weight is 161 g/mol. The largest absolute Gasteiger partial charge is 0.395 e. The van der Waals surface area contributed by atoms with E-state index in [0.717, 1.165) is 13.0 Å². The van der Waals surface area contributed by atoms with Crippen LogP contribution in [0.15, 0.2) is 0 Å². The molecule has 0 spiro atoms. The highest BCUT2D eigenvalue weighted by Crippen LogP contribution is 2.11. The van der Waals surface area contributed by atoms with Crippen LogP contribution >= 0.6 is 0 Å². The number of nitrogens with zero attached hydrogens (tertiary/aromatic N) is 1. The lowest BCUT2D eigenvalue weighted by atomic mass is 10.2. The third-order valence-electron chi connectivity index (χ3n) is 1.87. The number of aliphatic hydroxyl groups is 1. The van der Waals surface area contributed by atoms with Crippen molar-refractivity contribution >= 4 is 0 Å². The van der Waals surface area contributed by atoms with Crippen molar-refractivity contribution in [3.8, 4) is 0 Å². The van der Waals surface area contributed by atoms with E-state index in [2.05, 4.69) is 0 Å². The molecule has 1 atom stereocenters. The highest BCUT2D eigenvalue weighted by atomic mass is 16.7. The van der Waals surface area contributed by atoms with Crippen molar-refractivity contribution in [2.75, 3.05) is 33.5 Å². The summed E-state index contributed by atoms with van der Waals surface area (Å²) in [6.45, 7) is 2.21. The Morgan fingerprint density at radius 2 is 2.55 bits per heavy atom. The predicted molar refractivity (Wildman–Crippen MR) is 40.0 cm³/mol. The standard InChI is InChI=1S/C7H15NO3/c1-10-8(3-4-9)7-2-5-11-6-7/h7,9H,2-6H2,1H3. The Balaban J connectivity index is 2.27. The minimum Gasteiger partial charge on any atom is -0.395 e. The molecule has 1 rings (SSSR count). The van der Waals surface area contributed by atoms with Gasteiger partial charge in [-0.1, -0.05) is 0 Å². The lowest BCUT2D eigenvalue weighted by molar-refractivity contribution is -0.165. The quantitative estimate of drug-likeness (QED) is 0.571. The summed E-state index contributed by atoms with van der Waals surface area (Å²) in [6.07, 6.45) is 0.994. The molecule has 0 amide bonds. The molecule has 1 heterocycles. The number of rotatable bonds is 4. The van der Waals surface area contributed by atoms with E-state index < -0.39 is 0 Å². The summed E-state index contributed by atoms with van der Waals surface area (Å²) in [6, 6.07) is 0.326. The summed E-state index contributed by atoms with van der Waals surface area (Å²) in [4.78, 5) is 5.07. The van der Waals surface area contributed by atoms with Crippen molar-refractivity contribution in [2.24, 2.45) is 0 Å². The lowest BCUT2D eigenvalue weighted by Gasteiger charge is -2.23. The lowest BCUT2D eigenvalue weighted by Crippen LogP contribution is -2.36. The zero-order valence-corrected chi connectivity index (χ0v) is 6.82. The first kappa shape index (κ1) is 8.93. The molecule has 0 aromatic rings. The van der Waals surface area contributed by atoms with Crippen molar-refractivity contribution in [1.82, 2.24) is 5.06 Å². The Kier molecular flexibility index (Phi) is 3.79. The van der Waals surface area contributed by atoms with Crippen LogP contribution in [0.25, 0.3) is 0 Å². The van der Waals surface area contributed by atoms with Gasteiger partial charge in [0.1, 0.15) is 0 Å². The Hall–Kier alpha value is -0.160. The van der Waals surface area contributed by atoms with Gasteiger partial charge in [-0.25, -0.2) is 0 Å². The van der Waals surface area contributed by atoms with Crippen LogP contribution in [-0.2, 0) is 9.57 Å². The second-order valence-corrected chi connectivity index (χ2v) is 2.56. The van der Waals surface area contributed by atoms with E-state index >= 15 is 0 Å². The summed E-state index contributed by atoms with van der Waals surface area (Å²) in [7, 11) is 1.62. The van der Waals surface area contributed by atoms with Crippen LogP contribution in [0.3, 0.4) is 0 Å². The van der Waals surface area contributed by atoms with Crippen molar-refractivity contribution in [3.63, 3.8) is 0 Å². The third kappa shape index (κ3) is 2.41. The molecule has 0 radical (unpaired) electrons. The van der Waals surface area contributed by atoms with Gasteiger partial charge in [0, 0.05) is 13.2 Å². The molecule has 1 aliphatic rings. The maximum Gasteiger partial charge on any atom is 0.0646 e. The monoisotopic (exact) mass is 161 g/mol. The molecule has 1 saturated heterocycles. The molecule has 0 aliphatic carbocycles. The summed E-state index contributed by atoms with van der Waals surface area (Å²) in [5, 5.41) is 10.4. The number of aliphatic hydroxyl groups excluding tert-OH is 1. The molecule has 4 nitrogen and oxygen atoms in total. The van der Waals surface area contributed by atoms with Gasteiger partial charge in [0.05, 0.1) is 26.4 Å². The topological polar surface area (TPSA) is 41.9 Å². The second kappa shape index (κ2) is 4.66. The van der Waals surface area contributed by atoms with E-state index in [0.29, 0.717) is 19.2 Å². The minimum absolute atomic E-state index is 0.129. The molecule has 0 aromatic heterocycles. The van der Waals surface area contributed by atoms with Crippen LogP contribution in [0, 0.1) is 0 Å². The minimum atomic E-state index is 0.129. The number of hydrogen-bond donors (Lipinski definition) is 1. The molecule has 0 saturated carbocycles. The Morgan fingerprint density at radius 1 is 1.73 bits per heavy atom. The fourth-order valence-electron chi connectivity index (χ4n) is 1.27. The third-order valence-corrected chi connectivity index (χ3v) is 1.87. The van der Waals surface area contributed by atoms with Crippen LogP contribution in [-0.4, -0.2) is 49.7 Å². The first-order valence-corrected chi connectivity index (χ1v) is 3.88. The molecular formula is C7H15NO3. The molecular weight excluding hydrogens is 146 g/mol. The van der Waals surface area contributed by atoms with E-state index in [-0.39, 0.29) is 6.61 Å². The molecule has 1 N–H and O–H groups in total. The van der Waals surface area contributed by atoms with Crippen molar-refractivity contribution in [2.45, 2.75) is 12.5 Å². The van der Waals surface area contributed by atoms with E-state index in [4.69, 9.17) is 14.7 Å². The van der Waals surface area contributed by atoms with Crippen LogP contribution in [0.1, 0.15) is 6.42 Å². The normalized spacial score (nSPS) is 24.8. The van der Waals surface area contributed by atoms with Crippen molar-refractivity contribution in [3.05, 3.63) is 0 Å². The average Bonchev–Trinajstić information content (AvgIpc) is 2.52. The highest BCUT2D eigenvalue weighted by Gasteiger charge is 2.22. The first-order chi connectivity index (χ1) is 5.38. The number of hydroxylamine groups is 2. The van der Waals surface area contributed by atoms with Gasteiger partial charge in [-0.2, -0.15) is 5.06 Å². The smallest absolute Gasteiger partial charge is 0.0646 e. The van der Waals surface area contributed by atoms with Crippen LogP contribution in [0.2, 0.25) is 0 Å². The van der Waals surface area contributed by atoms with Gasteiger partial charge in [0.15, 0.2) is 0 Å². The van der Waals surface area contributed by atoms with Crippen LogP contribution in [0.4, 0.5) is 0 Å². The van der Waals surface area contributed by atoms with Gasteiger partial charge >= 0.3 is 0 Å². The number of ether oxygens (including phenoxy) is 1. The molecule has 0 bridgehead atoms. The first-order valence-electron chi connectivity index (χ1n) is 3.88. The zero-order valence-electron chi connectivity index (χ0n) is 6.82. The molecule has 0 aromatic carbocycles. The maximum absolute atomic E-state index is 8.67. The Bertz CT molecular complexity index is 104. The molecule has 1 aliphatic heterocycles. The van der Waals surface area contributed by atoms with Gasteiger partial charge in [-0.05, 0) is 6.42 Å². The van der Waals surface area contributed by atoms with E-state index in [1.165, 1.54) is 0 Å². The zero-order chi connectivity index (χ0) is 8.10. The SMILES string of the molecule is CON(CCO)C1CCOC1. The van der Waals surface area contributed by atoms with Gasteiger partial charge in [0.2, 0.25) is 0 Å². The molecule has 4 heteroatoms. The van der Waals surface area contributed by atoms with Gasteiger partial charge < -0.3 is 14.7 Å². The Labute approximate surface area is 66.7 Å². The van der Waals surface area contributed by atoms with Crippen LogP contribution < -0.4 is 0 Å². The van der Waals surface area contributed by atoms with Crippen molar-refractivity contribution < 1.29 is 14.7 Å². The highest BCUT2D eigenvalue weighted by molar-refractivity contribution is 4.69. The van der Waals surface area contributed by atoms with E-state index in [1.807, 2.05) is 0 Å². The molecule has 66 valence electrons. The number of hydrogen-bond acceptors (Lipinski definition) is 4. The van der Waals surface area contributed by atoms with E-state index in [9.17, 15) is 0 Å². The second-order valence-electron chi connectivity index (χ2n) is 2.56. The fourth-order valence-corrected chi connectivity index (χ4v) is 1.27. The van der Waals surface area contributed by atoms with Gasteiger partial charge in [-0.15, -0.1) is 0 Å². The maximum atomic E-state index is 8.67. The molecule has 11 heavy (non-hydrogen) atoms. The molecule has 1 unspecified atom stereocenters. The summed E-state index contributed by atoms with van der Waals surface area (Å²) in [5.41, 5.74) is 0. The van der Waals surface area contributed by atoms with Crippen molar-refractivity contribution in [1.29, 1.82) is 0 Å². The fraction of sp³-hybridized carbons (Fsp3) is 1.00. The summed E-state index contributed by atoms with van der Waals surface area (Å²) < 4.78 is 5.18.